The average Bonchev–Trinajstić information content (AvgIpc) is 2.80. The minimum absolute atomic E-state index is 0.239. The van der Waals surface area contributed by atoms with Gasteiger partial charge in [0.2, 0.25) is 0 Å². The van der Waals surface area contributed by atoms with E-state index in [9.17, 15) is 9.59 Å². The highest BCUT2D eigenvalue weighted by atomic mass is 16.5. The molecule has 19 heavy (non-hydrogen) atoms. The highest BCUT2D eigenvalue weighted by molar-refractivity contribution is 5.85. The molecule has 1 heterocycles. The number of hydrogen-bond acceptors (Lipinski definition) is 3. The van der Waals surface area contributed by atoms with Gasteiger partial charge in [-0.15, -0.1) is 0 Å². The number of aromatic amines is 1. The zero-order chi connectivity index (χ0) is 13.8. The number of carboxylic acid groups (broad SMARTS) is 1. The van der Waals surface area contributed by atoms with Gasteiger partial charge in [0, 0.05) is 23.5 Å². The summed E-state index contributed by atoms with van der Waals surface area (Å²) in [4.78, 5) is 25.3. The van der Waals surface area contributed by atoms with Crippen molar-refractivity contribution in [2.45, 2.75) is 12.5 Å². The molecule has 1 atom stereocenters. The van der Waals surface area contributed by atoms with Gasteiger partial charge in [-0.2, -0.15) is 0 Å². The van der Waals surface area contributed by atoms with Gasteiger partial charge >= 0.3 is 12.1 Å². The normalized spacial score (nSPS) is 12.1. The van der Waals surface area contributed by atoms with Crippen molar-refractivity contribution in [3.63, 3.8) is 0 Å². The second kappa shape index (κ2) is 5.43. The highest BCUT2D eigenvalue weighted by Gasteiger charge is 2.22. The number of carbonyl (C=O) groups excluding carboxylic acids is 1. The quantitative estimate of drug-likeness (QED) is 0.728. The molecule has 1 aromatic heterocycles. The molecule has 0 aliphatic heterocycles. The summed E-state index contributed by atoms with van der Waals surface area (Å²) in [6.45, 7) is 0. The van der Waals surface area contributed by atoms with Gasteiger partial charge in [0.15, 0.2) is 0 Å². The van der Waals surface area contributed by atoms with Gasteiger partial charge in [0.1, 0.15) is 6.04 Å². The van der Waals surface area contributed by atoms with E-state index in [1.165, 1.54) is 7.11 Å². The third-order valence-electron chi connectivity index (χ3n) is 2.88. The Bertz CT molecular complexity index is 605. The second-order valence-electron chi connectivity index (χ2n) is 4.09. The molecule has 0 spiro atoms. The van der Waals surface area contributed by atoms with Crippen LogP contribution in [-0.4, -0.2) is 35.3 Å². The lowest BCUT2D eigenvalue weighted by molar-refractivity contribution is -0.142. The molecule has 0 aliphatic carbocycles. The fraction of sp³-hybridized carbons (Fsp3) is 0.231. The largest absolute Gasteiger partial charge is 0.467 e. The van der Waals surface area contributed by atoms with Crippen molar-refractivity contribution in [2.24, 2.45) is 0 Å². The molecule has 0 saturated carbocycles. The Kier molecular flexibility index (Phi) is 3.70. The Hall–Kier alpha value is -2.50. The molecular weight excluding hydrogens is 248 g/mol. The van der Waals surface area contributed by atoms with Crippen LogP contribution in [0, 0.1) is 0 Å². The summed E-state index contributed by atoms with van der Waals surface area (Å²) in [5.74, 6) is -0.604. The summed E-state index contributed by atoms with van der Waals surface area (Å²) in [5.41, 5.74) is 1.80. The summed E-state index contributed by atoms with van der Waals surface area (Å²) in [5, 5.41) is 11.9. The number of esters is 1. The highest BCUT2D eigenvalue weighted by Crippen LogP contribution is 2.19. The Morgan fingerprint density at radius 1 is 1.42 bits per heavy atom. The number of amides is 1. The third-order valence-corrected chi connectivity index (χ3v) is 2.88. The van der Waals surface area contributed by atoms with E-state index in [2.05, 4.69) is 15.0 Å². The number of nitrogens with one attached hydrogen (secondary N) is 2. The molecule has 0 aliphatic rings. The van der Waals surface area contributed by atoms with Crippen LogP contribution in [0.3, 0.4) is 0 Å². The molecular formula is C13H14N2O4. The molecule has 1 amide bonds. The number of para-hydroxylation sites is 1. The number of ether oxygens (including phenoxy) is 1. The lowest BCUT2D eigenvalue weighted by Gasteiger charge is -2.13. The van der Waals surface area contributed by atoms with Crippen LogP contribution in [0.1, 0.15) is 5.56 Å². The topological polar surface area (TPSA) is 91.4 Å². The molecule has 3 N–H and O–H groups in total. The first kappa shape index (κ1) is 12.9. The molecule has 2 aromatic rings. The smallest absolute Gasteiger partial charge is 0.405 e. The van der Waals surface area contributed by atoms with Crippen molar-refractivity contribution >= 4 is 23.0 Å². The van der Waals surface area contributed by atoms with Crippen molar-refractivity contribution in [1.29, 1.82) is 0 Å². The summed E-state index contributed by atoms with van der Waals surface area (Å²) >= 11 is 0. The van der Waals surface area contributed by atoms with Gasteiger partial charge in [-0.05, 0) is 11.6 Å². The van der Waals surface area contributed by atoms with E-state index >= 15 is 0 Å². The standard InChI is InChI=1S/C13H14N2O4/c1-19-12(16)11(15-13(17)18)6-8-7-14-10-5-3-2-4-9(8)10/h2-5,7,11,14-15H,6H2,1H3,(H,17,18)/t11-/m0/s1. The van der Waals surface area contributed by atoms with Crippen LogP contribution in [0.15, 0.2) is 30.5 Å². The van der Waals surface area contributed by atoms with Crippen molar-refractivity contribution < 1.29 is 19.4 Å². The Morgan fingerprint density at radius 3 is 2.84 bits per heavy atom. The predicted octanol–water partition coefficient (Wildman–Crippen LogP) is 1.52. The first-order chi connectivity index (χ1) is 9.11. The maximum atomic E-state index is 11.6. The van der Waals surface area contributed by atoms with Gasteiger partial charge in [-0.25, -0.2) is 9.59 Å². The van der Waals surface area contributed by atoms with Crippen LogP contribution in [0.25, 0.3) is 10.9 Å². The lowest BCUT2D eigenvalue weighted by Crippen LogP contribution is -2.42. The second-order valence-corrected chi connectivity index (χ2v) is 4.09. The molecule has 0 saturated heterocycles. The molecule has 2 rings (SSSR count). The van der Waals surface area contributed by atoms with Gasteiger partial charge in [-0.3, -0.25) is 0 Å². The number of benzene rings is 1. The van der Waals surface area contributed by atoms with Crippen LogP contribution in [0.5, 0.6) is 0 Å². The first-order valence-electron chi connectivity index (χ1n) is 5.74. The van der Waals surface area contributed by atoms with E-state index in [0.717, 1.165) is 16.5 Å². The monoisotopic (exact) mass is 262 g/mol. The van der Waals surface area contributed by atoms with Crippen LogP contribution in [0.4, 0.5) is 4.79 Å². The van der Waals surface area contributed by atoms with Gasteiger partial charge in [-0.1, -0.05) is 18.2 Å². The van der Waals surface area contributed by atoms with E-state index in [0.29, 0.717) is 0 Å². The Balaban J connectivity index is 2.25. The molecule has 6 nitrogen and oxygen atoms in total. The van der Waals surface area contributed by atoms with Crippen molar-refractivity contribution in [3.8, 4) is 0 Å². The summed E-state index contributed by atoms with van der Waals surface area (Å²) in [6, 6.07) is 6.70. The Morgan fingerprint density at radius 2 is 2.16 bits per heavy atom. The average molecular weight is 262 g/mol. The Labute approximate surface area is 109 Å². The fourth-order valence-corrected chi connectivity index (χ4v) is 2.01. The van der Waals surface area contributed by atoms with E-state index in [1.54, 1.807) is 6.20 Å². The predicted molar refractivity (Wildman–Crippen MR) is 69.0 cm³/mol. The van der Waals surface area contributed by atoms with E-state index in [-0.39, 0.29) is 6.42 Å². The minimum atomic E-state index is -1.25. The van der Waals surface area contributed by atoms with E-state index in [1.807, 2.05) is 24.3 Å². The minimum Gasteiger partial charge on any atom is -0.467 e. The van der Waals surface area contributed by atoms with Gasteiger partial charge < -0.3 is 20.1 Å². The van der Waals surface area contributed by atoms with Gasteiger partial charge in [0.25, 0.3) is 0 Å². The fourth-order valence-electron chi connectivity index (χ4n) is 2.01. The molecule has 0 fully saturated rings. The number of H-pyrrole nitrogens is 1. The van der Waals surface area contributed by atoms with Crippen LogP contribution < -0.4 is 5.32 Å². The van der Waals surface area contributed by atoms with Crippen LogP contribution >= 0.6 is 0 Å². The van der Waals surface area contributed by atoms with E-state index < -0.39 is 18.1 Å². The molecule has 1 aromatic carbocycles. The number of methoxy groups -OCH3 is 1. The van der Waals surface area contributed by atoms with Crippen molar-refractivity contribution in [1.82, 2.24) is 10.3 Å². The first-order valence-corrected chi connectivity index (χ1v) is 5.74. The number of fused-ring (bicyclic) bond motifs is 1. The van der Waals surface area contributed by atoms with Crippen LogP contribution in [-0.2, 0) is 16.0 Å². The maximum Gasteiger partial charge on any atom is 0.405 e. The number of hydrogen-bond donors (Lipinski definition) is 3. The summed E-state index contributed by atoms with van der Waals surface area (Å²) < 4.78 is 4.60. The molecule has 0 unspecified atom stereocenters. The van der Waals surface area contributed by atoms with Crippen LogP contribution in [0.2, 0.25) is 0 Å². The van der Waals surface area contributed by atoms with Crippen molar-refractivity contribution in [2.75, 3.05) is 7.11 Å². The SMILES string of the molecule is COC(=O)[C@H](Cc1c[nH]c2ccccc12)NC(=O)O. The number of rotatable bonds is 4. The molecule has 6 heteroatoms. The lowest BCUT2D eigenvalue weighted by atomic mass is 10.1. The van der Waals surface area contributed by atoms with E-state index in [4.69, 9.17) is 5.11 Å². The summed E-state index contributed by atoms with van der Waals surface area (Å²) in [6.07, 6.45) is 0.753. The third kappa shape index (κ3) is 2.85. The molecule has 0 bridgehead atoms. The number of aromatic nitrogens is 1. The maximum absolute atomic E-state index is 11.6. The summed E-state index contributed by atoms with van der Waals surface area (Å²) in [7, 11) is 1.23. The number of carbonyl (C=O) groups is 2. The molecule has 0 radical (unpaired) electrons. The molecule has 100 valence electrons. The zero-order valence-electron chi connectivity index (χ0n) is 10.3. The van der Waals surface area contributed by atoms with Crippen molar-refractivity contribution in [3.05, 3.63) is 36.0 Å². The van der Waals surface area contributed by atoms with Gasteiger partial charge in [0.05, 0.1) is 7.11 Å². The zero-order valence-corrected chi connectivity index (χ0v) is 10.3.